The van der Waals surface area contributed by atoms with Gasteiger partial charge in [-0.05, 0) is 37.3 Å². The second-order valence-corrected chi connectivity index (χ2v) is 5.71. The molecule has 116 valence electrons. The lowest BCUT2D eigenvalue weighted by Crippen LogP contribution is -2.37. The maximum absolute atomic E-state index is 5.98. The lowest BCUT2D eigenvalue weighted by atomic mass is 9.98. The van der Waals surface area contributed by atoms with Gasteiger partial charge in [0.1, 0.15) is 0 Å². The van der Waals surface area contributed by atoms with Crippen molar-refractivity contribution in [1.82, 2.24) is 4.90 Å². The van der Waals surface area contributed by atoms with Crippen molar-refractivity contribution < 1.29 is 14.2 Å². The van der Waals surface area contributed by atoms with Crippen LogP contribution in [-0.2, 0) is 14.2 Å². The van der Waals surface area contributed by atoms with Crippen molar-refractivity contribution >= 4 is 0 Å². The highest BCUT2D eigenvalue weighted by Crippen LogP contribution is 2.37. The summed E-state index contributed by atoms with van der Waals surface area (Å²) in [5.74, 6) is 1.89. The number of ether oxygens (including phenoxy) is 3. The molecule has 0 saturated carbocycles. The summed E-state index contributed by atoms with van der Waals surface area (Å²) in [4.78, 5) is 2.44. The van der Waals surface area contributed by atoms with Crippen LogP contribution in [0.4, 0.5) is 0 Å². The molecule has 1 heterocycles. The maximum atomic E-state index is 5.98. The summed E-state index contributed by atoms with van der Waals surface area (Å²) in [6, 6.07) is 0. The maximum Gasteiger partial charge on any atom is 0.163 e. The van der Waals surface area contributed by atoms with Crippen LogP contribution in [-0.4, -0.2) is 51.5 Å². The second kappa shape index (κ2) is 7.14. The Bertz CT molecular complexity index is 459. The lowest BCUT2D eigenvalue weighted by Gasteiger charge is -2.26. The van der Waals surface area contributed by atoms with E-state index in [2.05, 4.69) is 17.1 Å². The van der Waals surface area contributed by atoms with Gasteiger partial charge in [0, 0.05) is 25.2 Å². The summed E-state index contributed by atoms with van der Waals surface area (Å²) in [6.07, 6.45) is 8.74. The van der Waals surface area contributed by atoms with Crippen LogP contribution in [0.5, 0.6) is 0 Å². The first kappa shape index (κ1) is 14.7. The minimum absolute atomic E-state index is 0.752. The van der Waals surface area contributed by atoms with Gasteiger partial charge in [-0.2, -0.15) is 0 Å². The Hall–Kier alpha value is -1.26. The highest BCUT2D eigenvalue weighted by atomic mass is 16.5. The average Bonchev–Trinajstić information content (AvgIpc) is 3.00. The van der Waals surface area contributed by atoms with Crippen LogP contribution in [0.3, 0.4) is 0 Å². The SMILES string of the molecule is COC1=C2CCC=C2CC=C1OCCCN1CCOCC1. The molecule has 3 aliphatic rings. The number of hydrogen-bond donors (Lipinski definition) is 0. The highest BCUT2D eigenvalue weighted by Gasteiger charge is 2.24. The van der Waals surface area contributed by atoms with Crippen molar-refractivity contribution in [1.29, 1.82) is 0 Å². The number of hydrogen-bond acceptors (Lipinski definition) is 4. The van der Waals surface area contributed by atoms with E-state index in [1.165, 1.54) is 11.1 Å². The number of fused-ring (bicyclic) bond motifs is 1. The normalized spacial score (nSPS) is 22.7. The van der Waals surface area contributed by atoms with Crippen molar-refractivity contribution in [2.24, 2.45) is 0 Å². The first-order chi connectivity index (χ1) is 10.4. The molecule has 1 fully saturated rings. The Morgan fingerprint density at radius 1 is 1.24 bits per heavy atom. The van der Waals surface area contributed by atoms with Crippen LogP contribution in [0, 0.1) is 0 Å². The molecule has 0 unspecified atom stereocenters. The van der Waals surface area contributed by atoms with Crippen molar-refractivity contribution in [3.8, 4) is 0 Å². The Morgan fingerprint density at radius 2 is 2.10 bits per heavy atom. The van der Waals surface area contributed by atoms with Crippen molar-refractivity contribution in [3.05, 3.63) is 34.8 Å². The smallest absolute Gasteiger partial charge is 0.163 e. The van der Waals surface area contributed by atoms with Gasteiger partial charge in [0.2, 0.25) is 0 Å². The van der Waals surface area contributed by atoms with Crippen molar-refractivity contribution in [2.75, 3.05) is 46.6 Å². The van der Waals surface area contributed by atoms with Crippen molar-refractivity contribution in [2.45, 2.75) is 25.7 Å². The summed E-state index contributed by atoms with van der Waals surface area (Å²) < 4.78 is 16.9. The fourth-order valence-corrected chi connectivity index (χ4v) is 3.23. The fraction of sp³-hybridized carbons (Fsp3) is 0.647. The third-order valence-corrected chi connectivity index (χ3v) is 4.36. The molecule has 0 amide bonds. The topological polar surface area (TPSA) is 30.9 Å². The molecule has 0 bridgehead atoms. The average molecular weight is 291 g/mol. The van der Waals surface area contributed by atoms with E-state index < -0.39 is 0 Å². The molecule has 0 spiro atoms. The minimum atomic E-state index is 0.752. The third-order valence-electron chi connectivity index (χ3n) is 4.36. The number of nitrogens with zero attached hydrogens (tertiary/aromatic N) is 1. The van der Waals surface area contributed by atoms with Crippen LogP contribution in [0.25, 0.3) is 0 Å². The molecule has 2 aliphatic carbocycles. The molecular weight excluding hydrogens is 266 g/mol. The number of morpholine rings is 1. The van der Waals surface area contributed by atoms with Crippen molar-refractivity contribution in [3.63, 3.8) is 0 Å². The van der Waals surface area contributed by atoms with Crippen LogP contribution >= 0.6 is 0 Å². The predicted octanol–water partition coefficient (Wildman–Crippen LogP) is 2.63. The van der Waals surface area contributed by atoms with Gasteiger partial charge in [0.05, 0.1) is 26.9 Å². The van der Waals surface area contributed by atoms with Gasteiger partial charge in [-0.25, -0.2) is 0 Å². The summed E-state index contributed by atoms with van der Waals surface area (Å²) in [7, 11) is 1.74. The van der Waals surface area contributed by atoms with Gasteiger partial charge >= 0.3 is 0 Å². The molecule has 4 nitrogen and oxygen atoms in total. The fourth-order valence-electron chi connectivity index (χ4n) is 3.23. The number of allylic oxidation sites excluding steroid dienone is 4. The van der Waals surface area contributed by atoms with Crippen LogP contribution in [0.2, 0.25) is 0 Å². The Kier molecular flexibility index (Phi) is 4.99. The largest absolute Gasteiger partial charge is 0.493 e. The predicted molar refractivity (Wildman–Crippen MR) is 81.9 cm³/mol. The van der Waals surface area contributed by atoms with Gasteiger partial charge in [-0.3, -0.25) is 4.90 Å². The quantitative estimate of drug-likeness (QED) is 0.704. The van der Waals surface area contributed by atoms with E-state index in [1.54, 1.807) is 7.11 Å². The molecular formula is C17H25NO3. The summed E-state index contributed by atoms with van der Waals surface area (Å²) in [5, 5.41) is 0. The zero-order chi connectivity index (χ0) is 14.5. The van der Waals surface area contributed by atoms with Gasteiger partial charge < -0.3 is 14.2 Å². The Morgan fingerprint density at radius 3 is 2.90 bits per heavy atom. The van der Waals surface area contributed by atoms with E-state index in [0.29, 0.717) is 0 Å². The summed E-state index contributed by atoms with van der Waals surface area (Å²) in [5.41, 5.74) is 2.77. The van der Waals surface area contributed by atoms with Gasteiger partial charge in [0.25, 0.3) is 0 Å². The lowest BCUT2D eigenvalue weighted by molar-refractivity contribution is 0.0341. The number of rotatable bonds is 6. The molecule has 0 radical (unpaired) electrons. The molecule has 1 aliphatic heterocycles. The zero-order valence-electron chi connectivity index (χ0n) is 12.9. The van der Waals surface area contributed by atoms with Gasteiger partial charge in [-0.1, -0.05) is 6.08 Å². The monoisotopic (exact) mass is 291 g/mol. The van der Waals surface area contributed by atoms with E-state index in [-0.39, 0.29) is 0 Å². The molecule has 0 atom stereocenters. The molecule has 0 aromatic heterocycles. The van der Waals surface area contributed by atoms with Crippen LogP contribution in [0.15, 0.2) is 34.8 Å². The van der Waals surface area contributed by atoms with E-state index in [1.807, 2.05) is 0 Å². The molecule has 0 aromatic carbocycles. The Labute approximate surface area is 127 Å². The van der Waals surface area contributed by atoms with E-state index in [9.17, 15) is 0 Å². The molecule has 21 heavy (non-hydrogen) atoms. The Balaban J connectivity index is 1.46. The number of methoxy groups -OCH3 is 1. The van der Waals surface area contributed by atoms with E-state index in [0.717, 1.165) is 76.7 Å². The standard InChI is InChI=1S/C17H25NO3/c1-19-17-15-5-2-4-14(15)6-7-16(17)21-11-3-8-18-9-12-20-13-10-18/h4,7H,2-3,5-6,8-13H2,1H3. The zero-order valence-corrected chi connectivity index (χ0v) is 12.9. The summed E-state index contributed by atoms with van der Waals surface area (Å²) in [6.45, 7) is 5.65. The minimum Gasteiger partial charge on any atom is -0.493 e. The molecule has 3 rings (SSSR count). The molecule has 4 heteroatoms. The van der Waals surface area contributed by atoms with E-state index in [4.69, 9.17) is 14.2 Å². The van der Waals surface area contributed by atoms with Gasteiger partial charge in [-0.15, -0.1) is 0 Å². The third kappa shape index (κ3) is 3.50. The molecule has 0 aromatic rings. The molecule has 0 N–H and O–H groups in total. The van der Waals surface area contributed by atoms with E-state index >= 15 is 0 Å². The highest BCUT2D eigenvalue weighted by molar-refractivity contribution is 5.48. The first-order valence-corrected chi connectivity index (χ1v) is 7.98. The van der Waals surface area contributed by atoms with Crippen LogP contribution < -0.4 is 0 Å². The van der Waals surface area contributed by atoms with Gasteiger partial charge in [0.15, 0.2) is 11.5 Å². The molecule has 1 saturated heterocycles. The van der Waals surface area contributed by atoms with Crippen LogP contribution in [0.1, 0.15) is 25.7 Å². The second-order valence-electron chi connectivity index (χ2n) is 5.71. The summed E-state index contributed by atoms with van der Waals surface area (Å²) >= 11 is 0. The first-order valence-electron chi connectivity index (χ1n) is 7.98.